The molecule has 0 fully saturated rings. The largest absolute Gasteiger partial charge is 0.456 e. The van der Waals surface area contributed by atoms with Gasteiger partial charge in [-0.1, -0.05) is 164 Å². The molecule has 0 N–H and O–H groups in total. The summed E-state index contributed by atoms with van der Waals surface area (Å²) in [7, 11) is 0. The predicted molar refractivity (Wildman–Crippen MR) is 315 cm³/mol. The second kappa shape index (κ2) is 16.5. The number of aliphatic imine (C=N–C) groups is 2. The van der Waals surface area contributed by atoms with Gasteiger partial charge in [0.2, 0.25) is 0 Å². The van der Waals surface area contributed by atoms with Gasteiger partial charge in [-0.3, -0.25) is 4.99 Å². The molecule has 1 unspecified atom stereocenters. The molecule has 0 radical (unpaired) electrons. The summed E-state index contributed by atoms with van der Waals surface area (Å²) < 4.78 is 12.0. The van der Waals surface area contributed by atoms with Crippen molar-refractivity contribution in [3.8, 4) is 11.4 Å². The van der Waals surface area contributed by atoms with Gasteiger partial charge in [0.15, 0.2) is 5.84 Å². The standard InChI is InChI=1S/C70H46N4O/c1-2-23-51(24-3-1)73-61-31-13-12-27-55(61)56-38-49(33-34-62(56)73)59-29-15-30-60(54-28-14-22-43-16-8-10-25-52(43)54)72-70(71-59)50-40-65(69-58-37-46-19-5-7-21-48(46)41-66(58)75-67(69)42-50)74-63-35-32-44-17-9-11-26-53(44)68(63)57-36-45-18-4-6-20-47(45)39-64(57)74/h1-14,16-28,31-42,59H,15,29-30H2. The van der Waals surface area contributed by atoms with E-state index in [0.29, 0.717) is 5.84 Å². The van der Waals surface area contributed by atoms with Gasteiger partial charge in [0.05, 0.1) is 44.9 Å². The lowest BCUT2D eigenvalue weighted by atomic mass is 9.94. The second-order valence-corrected chi connectivity index (χ2v) is 20.3. The quantitative estimate of drug-likeness (QED) is 0.170. The maximum Gasteiger partial charge on any atom is 0.155 e. The second-order valence-electron chi connectivity index (χ2n) is 20.3. The van der Waals surface area contributed by atoms with Crippen LogP contribution in [-0.4, -0.2) is 20.7 Å². The molecular weight excluding hydrogens is 913 g/mol. The molecule has 1 aliphatic rings. The van der Waals surface area contributed by atoms with Gasteiger partial charge in [0.25, 0.3) is 0 Å². The minimum atomic E-state index is -0.160. The molecule has 0 amide bonds. The molecule has 5 heteroatoms. The van der Waals surface area contributed by atoms with Crippen LogP contribution >= 0.6 is 0 Å². The van der Waals surface area contributed by atoms with Gasteiger partial charge in [-0.05, 0) is 141 Å². The summed E-state index contributed by atoms with van der Waals surface area (Å²) in [4.78, 5) is 11.7. The van der Waals surface area contributed by atoms with Crippen LogP contribution in [0.1, 0.15) is 42.0 Å². The molecule has 0 bridgehead atoms. The highest BCUT2D eigenvalue weighted by molar-refractivity contribution is 6.25. The van der Waals surface area contributed by atoms with Gasteiger partial charge < -0.3 is 13.6 Å². The van der Waals surface area contributed by atoms with E-state index in [4.69, 9.17) is 14.4 Å². The molecule has 0 saturated heterocycles. The topological polar surface area (TPSA) is 47.7 Å². The summed E-state index contributed by atoms with van der Waals surface area (Å²) in [5.74, 6) is 0.694. The van der Waals surface area contributed by atoms with Gasteiger partial charge in [-0.15, -0.1) is 0 Å². The Hall–Kier alpha value is -9.58. The lowest BCUT2D eigenvalue weighted by Gasteiger charge is -2.20. The summed E-state index contributed by atoms with van der Waals surface area (Å²) >= 11 is 0. The van der Waals surface area contributed by atoms with Crippen molar-refractivity contribution in [3.05, 3.63) is 253 Å². The zero-order chi connectivity index (χ0) is 49.1. The van der Waals surface area contributed by atoms with Crippen molar-refractivity contribution in [2.75, 3.05) is 0 Å². The molecule has 0 saturated carbocycles. The first-order valence-corrected chi connectivity index (χ1v) is 26.1. The molecule has 15 aromatic rings. The van der Waals surface area contributed by atoms with Crippen LogP contribution in [0.5, 0.6) is 0 Å². The highest BCUT2D eigenvalue weighted by Gasteiger charge is 2.26. The van der Waals surface area contributed by atoms with E-state index in [1.54, 1.807) is 0 Å². The molecule has 352 valence electrons. The summed E-state index contributed by atoms with van der Waals surface area (Å²) in [6, 6.07) is 86.1. The lowest BCUT2D eigenvalue weighted by molar-refractivity contribution is 0.622. The van der Waals surface area contributed by atoms with Gasteiger partial charge in [-0.2, -0.15) is 0 Å². The zero-order valence-electron chi connectivity index (χ0n) is 40.9. The molecule has 16 rings (SSSR count). The third-order valence-electron chi connectivity index (χ3n) is 16.0. The van der Waals surface area contributed by atoms with Gasteiger partial charge in [-0.25, -0.2) is 4.99 Å². The Balaban J connectivity index is 0.995. The number of aromatic nitrogens is 2. The molecular formula is C70H46N4O. The maximum absolute atomic E-state index is 7.14. The van der Waals surface area contributed by atoms with E-state index in [-0.39, 0.29) is 6.04 Å². The van der Waals surface area contributed by atoms with Crippen molar-refractivity contribution in [2.45, 2.75) is 25.3 Å². The summed E-state index contributed by atoms with van der Waals surface area (Å²) in [6.07, 6.45) is 2.59. The smallest absolute Gasteiger partial charge is 0.155 e. The van der Waals surface area contributed by atoms with Gasteiger partial charge in [0.1, 0.15) is 11.2 Å². The SMILES string of the molecule is c1ccc(-n2c3ccccc3c3cc(C4CCCC(c5cccc6ccccc56)=NC(c5cc(-n6c7cc8ccccc8cc7c7c8ccccc8ccc76)c6c(c5)oc5cc7ccccc7cc56)=N4)ccc32)cc1. The van der Waals surface area contributed by atoms with E-state index >= 15 is 0 Å². The summed E-state index contributed by atoms with van der Waals surface area (Å²) in [5, 5.41) is 16.6. The van der Waals surface area contributed by atoms with Crippen LogP contribution in [0.15, 0.2) is 251 Å². The Bertz CT molecular complexity index is 4930. The predicted octanol–water partition coefficient (Wildman–Crippen LogP) is 18.6. The number of hydrogen-bond acceptors (Lipinski definition) is 3. The molecule has 3 aromatic heterocycles. The number of amidine groups is 1. The van der Waals surface area contributed by atoms with Crippen molar-refractivity contribution < 1.29 is 4.42 Å². The Morgan fingerprint density at radius 1 is 0.400 bits per heavy atom. The molecule has 75 heavy (non-hydrogen) atoms. The van der Waals surface area contributed by atoms with Crippen LogP contribution < -0.4 is 0 Å². The normalized spacial score (nSPS) is 14.5. The number of fused-ring (bicyclic) bond motifs is 14. The average molecular weight is 959 g/mol. The van der Waals surface area contributed by atoms with Crippen LogP contribution in [0.3, 0.4) is 0 Å². The van der Waals surface area contributed by atoms with Crippen molar-refractivity contribution in [1.29, 1.82) is 0 Å². The Labute approximate surface area is 431 Å². The maximum atomic E-state index is 7.14. The number of furan rings is 1. The highest BCUT2D eigenvalue weighted by Crippen LogP contribution is 2.44. The minimum absolute atomic E-state index is 0.160. The number of hydrogen-bond donors (Lipinski definition) is 0. The van der Waals surface area contributed by atoms with Crippen LogP contribution in [-0.2, 0) is 0 Å². The molecule has 1 aliphatic heterocycles. The third-order valence-corrected chi connectivity index (χ3v) is 16.0. The first-order chi connectivity index (χ1) is 37.2. The fourth-order valence-electron chi connectivity index (χ4n) is 12.6. The average Bonchev–Trinajstić information content (AvgIpc) is 4.20. The molecule has 0 aliphatic carbocycles. The van der Waals surface area contributed by atoms with E-state index in [2.05, 4.69) is 246 Å². The summed E-state index contributed by atoms with van der Waals surface area (Å²) in [6.45, 7) is 0. The number of benzene rings is 12. The Kier molecular flexibility index (Phi) is 9.22. The summed E-state index contributed by atoms with van der Waals surface area (Å²) in [5.41, 5.74) is 12.7. The molecule has 5 nitrogen and oxygen atoms in total. The third kappa shape index (κ3) is 6.57. The van der Waals surface area contributed by atoms with E-state index in [9.17, 15) is 0 Å². The molecule has 1 atom stereocenters. The van der Waals surface area contributed by atoms with Crippen molar-refractivity contribution >= 4 is 120 Å². The number of nitrogens with zero attached hydrogens (tertiary/aromatic N) is 4. The van der Waals surface area contributed by atoms with Crippen LogP contribution in [0.2, 0.25) is 0 Å². The van der Waals surface area contributed by atoms with Crippen LogP contribution in [0.4, 0.5) is 0 Å². The fourth-order valence-corrected chi connectivity index (χ4v) is 12.6. The zero-order valence-corrected chi connectivity index (χ0v) is 40.9. The minimum Gasteiger partial charge on any atom is -0.456 e. The van der Waals surface area contributed by atoms with Gasteiger partial charge >= 0.3 is 0 Å². The number of para-hydroxylation sites is 2. The Morgan fingerprint density at radius 3 is 1.85 bits per heavy atom. The van der Waals surface area contributed by atoms with Crippen LogP contribution in [0, 0.1) is 0 Å². The molecule has 12 aromatic carbocycles. The first kappa shape index (κ1) is 42.0. The van der Waals surface area contributed by atoms with Crippen molar-refractivity contribution in [1.82, 2.24) is 9.13 Å². The van der Waals surface area contributed by atoms with Crippen molar-refractivity contribution in [2.24, 2.45) is 9.98 Å². The van der Waals surface area contributed by atoms with E-state index in [0.717, 1.165) is 85.8 Å². The fraction of sp³-hybridized carbons (Fsp3) is 0.0571. The monoisotopic (exact) mass is 958 g/mol. The van der Waals surface area contributed by atoms with Crippen LogP contribution in [0.25, 0.3) is 120 Å². The lowest BCUT2D eigenvalue weighted by Crippen LogP contribution is -2.13. The van der Waals surface area contributed by atoms with E-state index in [1.165, 1.54) is 75.8 Å². The number of rotatable bonds is 5. The molecule has 0 spiro atoms. The van der Waals surface area contributed by atoms with Crippen molar-refractivity contribution in [3.63, 3.8) is 0 Å². The Morgan fingerprint density at radius 2 is 1.04 bits per heavy atom. The van der Waals surface area contributed by atoms with E-state index < -0.39 is 0 Å². The van der Waals surface area contributed by atoms with E-state index in [1.807, 2.05) is 0 Å². The first-order valence-electron chi connectivity index (χ1n) is 26.1. The molecule has 4 heterocycles. The van der Waals surface area contributed by atoms with Gasteiger partial charge in [0, 0.05) is 43.7 Å². The highest BCUT2D eigenvalue weighted by atomic mass is 16.3.